The molecule has 1 aromatic carbocycles. The molecule has 5 nitrogen and oxygen atoms in total. The van der Waals surface area contributed by atoms with Gasteiger partial charge in [-0.15, -0.1) is 0 Å². The minimum atomic E-state index is -0.0183. The van der Waals surface area contributed by atoms with Crippen molar-refractivity contribution >= 4 is 29.2 Å². The predicted octanol–water partition coefficient (Wildman–Crippen LogP) is 4.20. The first-order chi connectivity index (χ1) is 12.5. The Bertz CT molecular complexity index is 780. The van der Waals surface area contributed by atoms with Crippen LogP contribution in [0.4, 0.5) is 11.5 Å². The van der Waals surface area contributed by atoms with Crippen molar-refractivity contribution in [3.63, 3.8) is 0 Å². The largest absolute Gasteiger partial charge is 0.354 e. The average Bonchev–Trinajstić information content (AvgIpc) is 2.64. The number of rotatable bonds is 5. The van der Waals surface area contributed by atoms with Crippen molar-refractivity contribution in [3.8, 4) is 0 Å². The van der Waals surface area contributed by atoms with Crippen molar-refractivity contribution in [2.75, 3.05) is 22.5 Å². The maximum Gasteiger partial charge on any atom is 0.234 e. The van der Waals surface area contributed by atoms with Crippen LogP contribution in [0, 0.1) is 13.8 Å². The summed E-state index contributed by atoms with van der Waals surface area (Å²) < 4.78 is 0. The van der Waals surface area contributed by atoms with E-state index in [1.165, 1.54) is 36.6 Å². The monoisotopic (exact) mass is 370 g/mol. The molecule has 6 heteroatoms. The van der Waals surface area contributed by atoms with Crippen molar-refractivity contribution < 1.29 is 4.79 Å². The molecule has 0 bridgehead atoms. The molecule has 2 heterocycles. The fourth-order valence-corrected chi connectivity index (χ4v) is 3.88. The number of aryl methyl sites for hydroxylation is 1. The molecule has 1 aliphatic rings. The maximum atomic E-state index is 12.3. The average molecular weight is 371 g/mol. The highest BCUT2D eigenvalue weighted by molar-refractivity contribution is 7.99. The molecular formula is C20H26N4OS. The van der Waals surface area contributed by atoms with Crippen LogP contribution in [0.1, 0.15) is 37.3 Å². The highest BCUT2D eigenvalue weighted by atomic mass is 32.2. The summed E-state index contributed by atoms with van der Waals surface area (Å²) in [6.07, 6.45) is 5.28. The first-order valence-electron chi connectivity index (χ1n) is 9.12. The van der Waals surface area contributed by atoms with Gasteiger partial charge in [-0.2, -0.15) is 0 Å². The number of anilines is 2. The lowest BCUT2D eigenvalue weighted by Gasteiger charge is -2.34. The molecule has 26 heavy (non-hydrogen) atoms. The number of amides is 1. The Labute approximate surface area is 159 Å². The number of hydrogen-bond donors (Lipinski definition) is 1. The van der Waals surface area contributed by atoms with Gasteiger partial charge in [0.15, 0.2) is 0 Å². The van der Waals surface area contributed by atoms with Gasteiger partial charge in [0.2, 0.25) is 5.91 Å². The zero-order valence-electron chi connectivity index (χ0n) is 15.7. The zero-order valence-corrected chi connectivity index (χ0v) is 16.5. The van der Waals surface area contributed by atoms with Crippen LogP contribution >= 0.6 is 11.8 Å². The van der Waals surface area contributed by atoms with Crippen LogP contribution in [-0.4, -0.2) is 34.2 Å². The number of hydrogen-bond acceptors (Lipinski definition) is 5. The number of carbonyl (C=O) groups is 1. The third-order valence-electron chi connectivity index (χ3n) is 4.95. The number of carbonyl (C=O) groups excluding carboxylic acids is 1. The van der Waals surface area contributed by atoms with Crippen LogP contribution in [0.3, 0.4) is 0 Å². The molecule has 1 N–H and O–H groups in total. The third kappa shape index (κ3) is 4.55. The first kappa shape index (κ1) is 18.7. The van der Waals surface area contributed by atoms with E-state index in [0.717, 1.165) is 28.6 Å². The van der Waals surface area contributed by atoms with E-state index in [1.807, 2.05) is 38.1 Å². The van der Waals surface area contributed by atoms with Gasteiger partial charge in [-0.1, -0.05) is 23.9 Å². The fraction of sp³-hybridized carbons (Fsp3) is 0.450. The molecule has 0 aliphatic carbocycles. The summed E-state index contributed by atoms with van der Waals surface area (Å²) in [5, 5.41) is 3.83. The highest BCUT2D eigenvalue weighted by Crippen LogP contribution is 2.26. The molecule has 0 unspecified atom stereocenters. The number of aromatic nitrogens is 2. The van der Waals surface area contributed by atoms with Crippen LogP contribution in [0.25, 0.3) is 0 Å². The SMILES string of the molecule is Cc1cccc(NC(=O)CSc2cc(N3CCCC[C@H]3C)ncn2)c1C. The lowest BCUT2D eigenvalue weighted by atomic mass is 10.0. The molecule has 3 rings (SSSR count). The topological polar surface area (TPSA) is 58.1 Å². The lowest BCUT2D eigenvalue weighted by molar-refractivity contribution is -0.113. The molecule has 1 aromatic heterocycles. The molecule has 138 valence electrons. The summed E-state index contributed by atoms with van der Waals surface area (Å²) in [6.45, 7) is 7.35. The Morgan fingerprint density at radius 3 is 2.96 bits per heavy atom. The normalized spacial score (nSPS) is 17.2. The van der Waals surface area contributed by atoms with Crippen molar-refractivity contribution in [2.24, 2.45) is 0 Å². The van der Waals surface area contributed by atoms with Crippen LogP contribution in [0.2, 0.25) is 0 Å². The third-order valence-corrected chi connectivity index (χ3v) is 5.88. The Kier molecular flexibility index (Phi) is 6.14. The molecule has 0 saturated carbocycles. The predicted molar refractivity (Wildman–Crippen MR) is 108 cm³/mol. The highest BCUT2D eigenvalue weighted by Gasteiger charge is 2.20. The zero-order chi connectivity index (χ0) is 18.5. The molecular weight excluding hydrogens is 344 g/mol. The summed E-state index contributed by atoms with van der Waals surface area (Å²) in [6, 6.07) is 8.44. The van der Waals surface area contributed by atoms with Crippen LogP contribution in [0.5, 0.6) is 0 Å². The number of nitrogens with zero attached hydrogens (tertiary/aromatic N) is 3. The Balaban J connectivity index is 1.60. The number of piperidine rings is 1. The van der Waals surface area contributed by atoms with Gasteiger partial charge in [0, 0.05) is 24.3 Å². The minimum Gasteiger partial charge on any atom is -0.354 e. The Morgan fingerprint density at radius 2 is 2.15 bits per heavy atom. The van der Waals surface area contributed by atoms with Gasteiger partial charge in [0.05, 0.1) is 5.75 Å². The first-order valence-corrected chi connectivity index (χ1v) is 10.1. The van der Waals surface area contributed by atoms with E-state index in [1.54, 1.807) is 6.33 Å². The molecule has 2 aromatic rings. The molecule has 1 aliphatic heterocycles. The van der Waals surface area contributed by atoms with Crippen molar-refractivity contribution in [2.45, 2.75) is 51.1 Å². The van der Waals surface area contributed by atoms with Crippen LogP contribution in [0.15, 0.2) is 35.6 Å². The standard InChI is InChI=1S/C20H26N4OS/c1-14-7-6-9-17(16(14)3)23-19(25)12-26-20-11-18(21-13-22-20)24-10-5-4-8-15(24)2/h6-7,9,11,13,15H,4-5,8,10,12H2,1-3H3,(H,23,25)/t15-/m1/s1. The van der Waals surface area contributed by atoms with Gasteiger partial charge in [0.25, 0.3) is 0 Å². The van der Waals surface area contributed by atoms with E-state index in [4.69, 9.17) is 0 Å². The second-order valence-electron chi connectivity index (χ2n) is 6.84. The van der Waals surface area contributed by atoms with Crippen molar-refractivity contribution in [1.29, 1.82) is 0 Å². The molecule has 1 amide bonds. The van der Waals surface area contributed by atoms with E-state index in [9.17, 15) is 4.79 Å². The second kappa shape index (κ2) is 8.54. The van der Waals surface area contributed by atoms with Crippen LogP contribution in [-0.2, 0) is 4.79 Å². The second-order valence-corrected chi connectivity index (χ2v) is 7.83. The molecule has 1 atom stereocenters. The van der Waals surface area contributed by atoms with E-state index < -0.39 is 0 Å². The summed E-state index contributed by atoms with van der Waals surface area (Å²) >= 11 is 1.45. The fourth-order valence-electron chi connectivity index (χ4n) is 3.22. The smallest absolute Gasteiger partial charge is 0.234 e. The quantitative estimate of drug-likeness (QED) is 0.631. The number of nitrogens with one attached hydrogen (secondary N) is 1. The molecule has 1 saturated heterocycles. The van der Waals surface area contributed by atoms with Gasteiger partial charge >= 0.3 is 0 Å². The van der Waals surface area contributed by atoms with Gasteiger partial charge in [-0.05, 0) is 57.2 Å². The minimum absolute atomic E-state index is 0.0183. The van der Waals surface area contributed by atoms with Crippen molar-refractivity contribution in [1.82, 2.24) is 9.97 Å². The molecule has 0 radical (unpaired) electrons. The van der Waals surface area contributed by atoms with Crippen molar-refractivity contribution in [3.05, 3.63) is 41.7 Å². The van der Waals surface area contributed by atoms with E-state index in [2.05, 4.69) is 27.1 Å². The molecule has 0 spiro atoms. The summed E-state index contributed by atoms with van der Waals surface area (Å²) in [7, 11) is 0. The van der Waals surface area contributed by atoms with E-state index in [0.29, 0.717) is 11.8 Å². The van der Waals surface area contributed by atoms with E-state index in [-0.39, 0.29) is 5.91 Å². The summed E-state index contributed by atoms with van der Waals surface area (Å²) in [4.78, 5) is 23.4. The summed E-state index contributed by atoms with van der Waals surface area (Å²) in [5.74, 6) is 1.28. The van der Waals surface area contributed by atoms with Gasteiger partial charge in [0.1, 0.15) is 17.2 Å². The summed E-state index contributed by atoms with van der Waals surface area (Å²) in [5.41, 5.74) is 3.15. The number of thioether (sulfide) groups is 1. The lowest BCUT2D eigenvalue weighted by Crippen LogP contribution is -2.38. The van der Waals surface area contributed by atoms with Gasteiger partial charge in [-0.3, -0.25) is 4.79 Å². The molecule has 1 fully saturated rings. The van der Waals surface area contributed by atoms with Gasteiger partial charge in [-0.25, -0.2) is 9.97 Å². The van der Waals surface area contributed by atoms with Gasteiger partial charge < -0.3 is 10.2 Å². The van der Waals surface area contributed by atoms with Crippen LogP contribution < -0.4 is 10.2 Å². The Morgan fingerprint density at radius 1 is 1.31 bits per heavy atom. The maximum absolute atomic E-state index is 12.3. The Hall–Kier alpha value is -2.08. The van der Waals surface area contributed by atoms with E-state index >= 15 is 0 Å². The number of benzene rings is 1.